The highest BCUT2D eigenvalue weighted by Gasteiger charge is 2.01. The first-order valence-electron chi connectivity index (χ1n) is 5.89. The van der Waals surface area contributed by atoms with Crippen LogP contribution in [-0.2, 0) is 6.54 Å². The van der Waals surface area contributed by atoms with Crippen molar-refractivity contribution in [2.24, 2.45) is 0 Å². The topological polar surface area (TPSA) is 50.1 Å². The molecule has 6 heteroatoms. The monoisotopic (exact) mass is 325 g/mol. The summed E-state index contributed by atoms with van der Waals surface area (Å²) in [6.07, 6.45) is 0. The lowest BCUT2D eigenvalue weighted by molar-refractivity contribution is 0.926. The highest BCUT2D eigenvalue weighted by atomic mass is 35.5. The minimum atomic E-state index is 0.484. The van der Waals surface area contributed by atoms with E-state index in [0.29, 0.717) is 21.7 Å². The molecule has 0 amide bonds. The van der Waals surface area contributed by atoms with Crippen LogP contribution in [0.4, 0.5) is 11.4 Å². The van der Waals surface area contributed by atoms with Gasteiger partial charge in [0.25, 0.3) is 0 Å². The van der Waals surface area contributed by atoms with Gasteiger partial charge in [-0.2, -0.15) is 0 Å². The van der Waals surface area contributed by atoms with E-state index in [2.05, 4.69) is 10.6 Å². The Hall–Kier alpha value is -1.49. The number of rotatable bonds is 3. The SMILES string of the molecule is Nc1ccc(CNC(=S)Nc2ccc(Cl)c(Cl)c2)cc1. The minimum absolute atomic E-state index is 0.484. The lowest BCUT2D eigenvalue weighted by atomic mass is 10.2. The zero-order valence-corrected chi connectivity index (χ0v) is 12.8. The molecule has 2 aromatic rings. The number of nitrogen functional groups attached to an aromatic ring is 1. The number of halogens is 2. The van der Waals surface area contributed by atoms with Crippen molar-refractivity contribution in [3.05, 3.63) is 58.1 Å². The van der Waals surface area contributed by atoms with Crippen LogP contribution in [0, 0.1) is 0 Å². The van der Waals surface area contributed by atoms with Crippen LogP contribution in [-0.4, -0.2) is 5.11 Å². The van der Waals surface area contributed by atoms with Crippen molar-refractivity contribution in [1.82, 2.24) is 5.32 Å². The Morgan fingerprint density at radius 1 is 1.05 bits per heavy atom. The van der Waals surface area contributed by atoms with Crippen LogP contribution in [0.5, 0.6) is 0 Å². The van der Waals surface area contributed by atoms with Crippen LogP contribution in [0.25, 0.3) is 0 Å². The van der Waals surface area contributed by atoms with E-state index >= 15 is 0 Å². The van der Waals surface area contributed by atoms with Crippen LogP contribution >= 0.6 is 35.4 Å². The Kier molecular flexibility index (Phi) is 5.06. The van der Waals surface area contributed by atoms with Gasteiger partial charge in [-0.3, -0.25) is 0 Å². The van der Waals surface area contributed by atoms with E-state index in [9.17, 15) is 0 Å². The average Bonchev–Trinajstić information content (AvgIpc) is 2.42. The quantitative estimate of drug-likeness (QED) is 0.588. The summed E-state index contributed by atoms with van der Waals surface area (Å²) in [6.45, 7) is 0.618. The first-order chi connectivity index (χ1) is 9.54. The Morgan fingerprint density at radius 2 is 1.75 bits per heavy atom. The second kappa shape index (κ2) is 6.79. The number of nitrogens with two attached hydrogens (primary N) is 1. The third-order valence-electron chi connectivity index (χ3n) is 2.61. The van der Waals surface area contributed by atoms with E-state index < -0.39 is 0 Å². The van der Waals surface area contributed by atoms with Crippen molar-refractivity contribution in [3.63, 3.8) is 0 Å². The standard InChI is InChI=1S/C14H13Cl2N3S/c15-12-6-5-11(7-13(12)16)19-14(20)18-8-9-1-3-10(17)4-2-9/h1-7H,8,17H2,(H2,18,19,20). The zero-order valence-electron chi connectivity index (χ0n) is 10.5. The molecule has 0 radical (unpaired) electrons. The van der Waals surface area contributed by atoms with Gasteiger partial charge in [0.2, 0.25) is 0 Å². The van der Waals surface area contributed by atoms with Gasteiger partial charge in [-0.05, 0) is 48.1 Å². The molecule has 0 saturated heterocycles. The molecule has 2 aromatic carbocycles. The van der Waals surface area contributed by atoms with Gasteiger partial charge in [-0.25, -0.2) is 0 Å². The Bertz CT molecular complexity index is 614. The summed E-state index contributed by atoms with van der Waals surface area (Å²) in [6, 6.07) is 12.9. The molecule has 0 aliphatic rings. The molecule has 0 bridgehead atoms. The van der Waals surface area contributed by atoms with Gasteiger partial charge in [0, 0.05) is 17.9 Å². The van der Waals surface area contributed by atoms with E-state index in [0.717, 1.165) is 16.9 Å². The summed E-state index contributed by atoms with van der Waals surface area (Å²) in [4.78, 5) is 0. The number of thiocarbonyl (C=S) groups is 1. The third kappa shape index (κ3) is 4.27. The molecular weight excluding hydrogens is 313 g/mol. The molecule has 0 saturated carbocycles. The van der Waals surface area contributed by atoms with Crippen LogP contribution in [0.2, 0.25) is 10.0 Å². The molecular formula is C14H13Cl2N3S. The van der Waals surface area contributed by atoms with E-state index in [1.54, 1.807) is 12.1 Å². The smallest absolute Gasteiger partial charge is 0.171 e. The molecule has 104 valence electrons. The number of benzene rings is 2. The highest BCUT2D eigenvalue weighted by molar-refractivity contribution is 7.80. The Balaban J connectivity index is 1.89. The molecule has 3 nitrogen and oxygen atoms in total. The fraction of sp³-hybridized carbons (Fsp3) is 0.0714. The molecule has 0 spiro atoms. The van der Waals surface area contributed by atoms with Crippen molar-refractivity contribution in [2.45, 2.75) is 6.54 Å². The number of anilines is 2. The van der Waals surface area contributed by atoms with Gasteiger partial charge in [0.05, 0.1) is 10.0 Å². The largest absolute Gasteiger partial charge is 0.399 e. The first-order valence-corrected chi connectivity index (χ1v) is 7.05. The minimum Gasteiger partial charge on any atom is -0.399 e. The second-order valence-electron chi connectivity index (χ2n) is 4.18. The van der Waals surface area contributed by atoms with Gasteiger partial charge < -0.3 is 16.4 Å². The van der Waals surface area contributed by atoms with Gasteiger partial charge in [0.1, 0.15) is 0 Å². The number of nitrogens with one attached hydrogen (secondary N) is 2. The van der Waals surface area contributed by atoms with Crippen molar-refractivity contribution < 1.29 is 0 Å². The maximum absolute atomic E-state index is 5.94. The molecule has 20 heavy (non-hydrogen) atoms. The van der Waals surface area contributed by atoms with E-state index in [4.69, 9.17) is 41.2 Å². The van der Waals surface area contributed by atoms with Gasteiger partial charge in [0.15, 0.2) is 5.11 Å². The van der Waals surface area contributed by atoms with Crippen LogP contribution < -0.4 is 16.4 Å². The predicted octanol–water partition coefficient (Wildman–Crippen LogP) is 4.06. The van der Waals surface area contributed by atoms with Gasteiger partial charge in [-0.15, -0.1) is 0 Å². The summed E-state index contributed by atoms with van der Waals surface area (Å²) in [5.41, 5.74) is 8.25. The lowest BCUT2D eigenvalue weighted by Gasteiger charge is -2.11. The van der Waals surface area contributed by atoms with E-state index in [1.807, 2.05) is 30.3 Å². The fourth-order valence-corrected chi connectivity index (χ4v) is 2.06. The fourth-order valence-electron chi connectivity index (χ4n) is 1.57. The summed E-state index contributed by atoms with van der Waals surface area (Å²) in [7, 11) is 0. The highest BCUT2D eigenvalue weighted by Crippen LogP contribution is 2.24. The van der Waals surface area contributed by atoms with Crippen LogP contribution in [0.3, 0.4) is 0 Å². The molecule has 0 heterocycles. The third-order valence-corrected chi connectivity index (χ3v) is 3.60. The summed E-state index contributed by atoms with van der Waals surface area (Å²) in [5.74, 6) is 0. The molecule has 0 fully saturated rings. The molecule has 0 atom stereocenters. The molecule has 0 aliphatic carbocycles. The van der Waals surface area contributed by atoms with Crippen molar-refractivity contribution in [2.75, 3.05) is 11.1 Å². The zero-order chi connectivity index (χ0) is 14.5. The van der Waals surface area contributed by atoms with Crippen LogP contribution in [0.1, 0.15) is 5.56 Å². The maximum Gasteiger partial charge on any atom is 0.171 e. The molecule has 2 rings (SSSR count). The predicted molar refractivity (Wildman–Crippen MR) is 90.4 cm³/mol. The van der Waals surface area contributed by atoms with Gasteiger partial charge in [-0.1, -0.05) is 35.3 Å². The van der Waals surface area contributed by atoms with Crippen molar-refractivity contribution >= 4 is 51.9 Å². The molecule has 0 aromatic heterocycles. The van der Waals surface area contributed by atoms with Gasteiger partial charge >= 0.3 is 0 Å². The summed E-state index contributed by atoms with van der Waals surface area (Å²) >= 11 is 17.0. The summed E-state index contributed by atoms with van der Waals surface area (Å²) < 4.78 is 0. The van der Waals surface area contributed by atoms with E-state index in [-0.39, 0.29) is 0 Å². The Morgan fingerprint density at radius 3 is 2.40 bits per heavy atom. The average molecular weight is 326 g/mol. The molecule has 0 unspecified atom stereocenters. The molecule has 4 N–H and O–H groups in total. The molecule has 0 aliphatic heterocycles. The first kappa shape index (κ1) is 14.9. The number of hydrogen-bond donors (Lipinski definition) is 3. The van der Waals surface area contributed by atoms with Crippen LogP contribution in [0.15, 0.2) is 42.5 Å². The maximum atomic E-state index is 5.94. The second-order valence-corrected chi connectivity index (χ2v) is 5.40. The normalized spacial score (nSPS) is 10.1. The van der Waals surface area contributed by atoms with Crippen molar-refractivity contribution in [1.29, 1.82) is 0 Å². The van der Waals surface area contributed by atoms with Crippen molar-refractivity contribution in [3.8, 4) is 0 Å². The Labute approximate surface area is 133 Å². The van der Waals surface area contributed by atoms with E-state index in [1.165, 1.54) is 0 Å². The number of hydrogen-bond acceptors (Lipinski definition) is 2. The lowest BCUT2D eigenvalue weighted by Crippen LogP contribution is -2.27. The summed E-state index contributed by atoms with van der Waals surface area (Å²) in [5, 5.41) is 7.66.